The van der Waals surface area contributed by atoms with Crippen LogP contribution >= 0.6 is 69.5 Å². The highest BCUT2D eigenvalue weighted by molar-refractivity contribution is 7.99. The van der Waals surface area contributed by atoms with Gasteiger partial charge in [0.15, 0.2) is 28.4 Å². The summed E-state index contributed by atoms with van der Waals surface area (Å²) in [6.07, 6.45) is -1.81. The van der Waals surface area contributed by atoms with Crippen molar-refractivity contribution in [2.75, 3.05) is 42.9 Å². The number of hydrogen-bond acceptors (Lipinski definition) is 14. The Kier molecular flexibility index (Phi) is 12.1. The molecule has 0 aliphatic carbocycles. The van der Waals surface area contributed by atoms with Gasteiger partial charge in [0.2, 0.25) is 7.37 Å². The van der Waals surface area contributed by atoms with Gasteiger partial charge < -0.3 is 34.9 Å². The minimum Gasteiger partial charge on any atom is -0.387 e. The summed E-state index contributed by atoms with van der Waals surface area (Å²) in [4.78, 5) is 42.8. The van der Waals surface area contributed by atoms with Gasteiger partial charge in [-0.15, -0.1) is 0 Å². The Morgan fingerprint density at radius 1 is 1.17 bits per heavy atom. The molecular formula is C18H30Cl2N5O11P3S2. The van der Waals surface area contributed by atoms with Crippen LogP contribution in [0.5, 0.6) is 0 Å². The minimum atomic E-state index is -5.64. The van der Waals surface area contributed by atoms with Crippen LogP contribution in [0.3, 0.4) is 0 Å². The molecule has 6 N–H and O–H groups in total. The van der Waals surface area contributed by atoms with Crippen LogP contribution in [0.25, 0.3) is 11.2 Å². The first-order valence-corrected chi connectivity index (χ1v) is 20.1. The van der Waals surface area contributed by atoms with Crippen molar-refractivity contribution in [2.45, 2.75) is 46.9 Å². The van der Waals surface area contributed by atoms with Crippen LogP contribution in [-0.2, 0) is 27.3 Å². The number of phosphoric acid groups is 1. The van der Waals surface area contributed by atoms with Gasteiger partial charge >= 0.3 is 15.4 Å². The molecule has 1 aliphatic heterocycles. The number of ether oxygens (including phenoxy) is 1. The van der Waals surface area contributed by atoms with Crippen LogP contribution in [-0.4, -0.2) is 104 Å². The lowest BCUT2D eigenvalue weighted by Crippen LogP contribution is -2.33. The van der Waals surface area contributed by atoms with Crippen molar-refractivity contribution in [3.63, 3.8) is 0 Å². The number of rotatable bonds is 15. The van der Waals surface area contributed by atoms with Gasteiger partial charge in [-0.05, 0) is 12.7 Å². The number of thioether (sulfide) groups is 2. The topological polar surface area (TPSA) is 236 Å². The van der Waals surface area contributed by atoms with E-state index in [0.717, 1.165) is 17.9 Å². The normalized spacial score (nSPS) is 26.0. The molecule has 7 atom stereocenters. The van der Waals surface area contributed by atoms with Gasteiger partial charge in [-0.2, -0.15) is 11.8 Å². The standard InChI is InChI=1S/C18H30Cl2N5O11P3S2/c1-4-6-41-17-23-14(21-5-7-40-3)11-15(24-17)25(9-22-11)16-13(27)12(26)10(35-16)8-34-39(32,33)36-38(30,31)18(19,20)37(2,28)29/h9-10,12-13,16,26-27H,4-8H2,1-3H3,(H,28,29)(H,30,31)(H,32,33)(H,21,23,24)/t10-,12-,13-,16?/m1/s1. The second-order valence-corrected chi connectivity index (χ2v) is 19.5. The van der Waals surface area contributed by atoms with E-state index < -0.39 is 57.7 Å². The molecule has 2 aromatic rings. The molecule has 1 fully saturated rings. The van der Waals surface area contributed by atoms with Gasteiger partial charge in [0.05, 0.1) is 12.9 Å². The molecule has 3 rings (SSSR count). The molecule has 0 amide bonds. The zero-order chi connectivity index (χ0) is 30.8. The Labute approximate surface area is 253 Å². The highest BCUT2D eigenvalue weighted by atomic mass is 35.5. The SMILES string of the molecule is CCCSc1nc(NCCSC)c2ncn(C3O[C@H](COP(=O)(O)OP(=O)(O)C(Cl)(Cl)P(C)(=O)O)[C@@H](O)[C@H]3O)c2n1. The number of aromatic nitrogens is 4. The van der Waals surface area contributed by atoms with E-state index in [2.05, 4.69) is 29.1 Å². The fourth-order valence-corrected chi connectivity index (χ4v) is 9.24. The second-order valence-electron chi connectivity index (χ2n) is 8.75. The third kappa shape index (κ3) is 8.19. The Bertz CT molecular complexity index is 1370. The van der Waals surface area contributed by atoms with Crippen molar-refractivity contribution in [1.29, 1.82) is 0 Å². The summed E-state index contributed by atoms with van der Waals surface area (Å²) in [5, 5.41) is 25.0. The number of fused-ring (bicyclic) bond motifs is 1. The zero-order valence-electron chi connectivity index (χ0n) is 21.8. The van der Waals surface area contributed by atoms with E-state index in [4.69, 9.17) is 27.9 Å². The second kappa shape index (κ2) is 14.0. The molecule has 3 heterocycles. The van der Waals surface area contributed by atoms with Crippen molar-refractivity contribution in [3.05, 3.63) is 6.33 Å². The Morgan fingerprint density at radius 3 is 2.46 bits per heavy atom. The highest BCUT2D eigenvalue weighted by Gasteiger charge is 2.60. The average Bonchev–Trinajstić information content (AvgIpc) is 3.41. The van der Waals surface area contributed by atoms with Crippen molar-refractivity contribution >= 4 is 86.5 Å². The quantitative estimate of drug-likeness (QED) is 0.0510. The van der Waals surface area contributed by atoms with E-state index in [0.29, 0.717) is 29.7 Å². The predicted molar refractivity (Wildman–Crippen MR) is 156 cm³/mol. The summed E-state index contributed by atoms with van der Waals surface area (Å²) < 4.78 is 49.0. The maximum atomic E-state index is 12.4. The van der Waals surface area contributed by atoms with Gasteiger partial charge in [-0.3, -0.25) is 18.2 Å². The number of phosphoric ester groups is 1. The third-order valence-corrected chi connectivity index (χ3v) is 16.1. The molecule has 4 unspecified atom stereocenters. The van der Waals surface area contributed by atoms with E-state index in [1.165, 1.54) is 22.7 Å². The van der Waals surface area contributed by atoms with Gasteiger partial charge in [0, 0.05) is 24.7 Å². The van der Waals surface area contributed by atoms with E-state index >= 15 is 0 Å². The molecular weight excluding hydrogens is 690 g/mol. The third-order valence-electron chi connectivity index (χ3n) is 5.50. The molecule has 0 bridgehead atoms. The van der Waals surface area contributed by atoms with Crippen LogP contribution in [0.4, 0.5) is 5.82 Å². The average molecular weight is 720 g/mol. The smallest absolute Gasteiger partial charge is 0.387 e. The van der Waals surface area contributed by atoms with Crippen molar-refractivity contribution in [1.82, 2.24) is 19.5 Å². The maximum absolute atomic E-state index is 12.4. The van der Waals surface area contributed by atoms with Gasteiger partial charge in [-0.1, -0.05) is 41.9 Å². The number of anilines is 1. The van der Waals surface area contributed by atoms with Gasteiger partial charge in [0.25, 0.3) is 3.82 Å². The number of hydrogen-bond donors (Lipinski definition) is 6. The van der Waals surface area contributed by atoms with Crippen LogP contribution in [0.2, 0.25) is 0 Å². The van der Waals surface area contributed by atoms with Crippen molar-refractivity contribution in [3.8, 4) is 0 Å². The molecule has 0 aromatic carbocycles. The van der Waals surface area contributed by atoms with E-state index in [1.54, 1.807) is 11.8 Å². The van der Waals surface area contributed by atoms with Crippen LogP contribution < -0.4 is 5.32 Å². The van der Waals surface area contributed by atoms with Crippen LogP contribution in [0.15, 0.2) is 11.5 Å². The molecule has 234 valence electrons. The fourth-order valence-electron chi connectivity index (χ4n) is 3.45. The lowest BCUT2D eigenvalue weighted by molar-refractivity contribution is -0.0502. The van der Waals surface area contributed by atoms with E-state index in [1.807, 2.05) is 13.2 Å². The Morgan fingerprint density at radius 2 is 1.85 bits per heavy atom. The van der Waals surface area contributed by atoms with Crippen molar-refractivity contribution in [2.24, 2.45) is 0 Å². The Hall–Kier alpha value is -0.000000000000000278. The zero-order valence-corrected chi connectivity index (χ0v) is 27.6. The lowest BCUT2D eigenvalue weighted by Gasteiger charge is -2.28. The number of aliphatic hydroxyl groups is 2. The number of imidazole rings is 1. The van der Waals surface area contributed by atoms with Crippen LogP contribution in [0.1, 0.15) is 19.6 Å². The fraction of sp³-hybridized carbons (Fsp3) is 0.722. The largest absolute Gasteiger partial charge is 0.479 e. The molecule has 41 heavy (non-hydrogen) atoms. The van der Waals surface area contributed by atoms with E-state index in [-0.39, 0.29) is 5.65 Å². The summed E-state index contributed by atoms with van der Waals surface area (Å²) in [7, 11) is -15.8. The van der Waals surface area contributed by atoms with Crippen molar-refractivity contribution < 1.29 is 52.2 Å². The molecule has 1 aliphatic rings. The molecule has 0 radical (unpaired) electrons. The highest BCUT2D eigenvalue weighted by Crippen LogP contribution is 2.79. The lowest BCUT2D eigenvalue weighted by atomic mass is 10.1. The number of nitrogens with zero attached hydrogens (tertiary/aromatic N) is 4. The summed E-state index contributed by atoms with van der Waals surface area (Å²) in [5.74, 6) is 2.02. The predicted octanol–water partition coefficient (Wildman–Crippen LogP) is 3.03. The first kappa shape index (κ1) is 35.5. The number of nitrogens with one attached hydrogen (secondary N) is 1. The number of aliphatic hydroxyl groups excluding tert-OH is 2. The first-order valence-electron chi connectivity index (χ1n) is 11.8. The minimum absolute atomic E-state index is 0.286. The van der Waals surface area contributed by atoms with Gasteiger partial charge in [-0.25, -0.2) is 23.8 Å². The van der Waals surface area contributed by atoms with Crippen LogP contribution in [0, 0.1) is 0 Å². The molecule has 0 spiro atoms. The molecule has 1 saturated heterocycles. The summed E-state index contributed by atoms with van der Waals surface area (Å²) in [5.41, 5.74) is 0.667. The maximum Gasteiger partial charge on any atom is 0.479 e. The van der Waals surface area contributed by atoms with E-state index in [9.17, 15) is 38.6 Å². The number of halogens is 2. The first-order chi connectivity index (χ1) is 19.0. The summed E-state index contributed by atoms with van der Waals surface area (Å²) in [6.45, 7) is 2.23. The monoisotopic (exact) mass is 719 g/mol. The number of alkyl halides is 2. The molecule has 0 saturated carbocycles. The summed E-state index contributed by atoms with van der Waals surface area (Å²) in [6, 6.07) is 0. The van der Waals surface area contributed by atoms with Gasteiger partial charge in [0.1, 0.15) is 18.3 Å². The molecule has 16 nitrogen and oxygen atoms in total. The summed E-state index contributed by atoms with van der Waals surface area (Å²) >= 11 is 14.0. The molecule has 23 heteroatoms. The Balaban J connectivity index is 1.80. The molecule has 2 aromatic heterocycles.